The van der Waals surface area contributed by atoms with Crippen molar-refractivity contribution in [1.82, 2.24) is 20.6 Å². The number of hydrogen-bond donors (Lipinski definition) is 2. The summed E-state index contributed by atoms with van der Waals surface area (Å²) in [5, 5.41) is 6.32. The summed E-state index contributed by atoms with van der Waals surface area (Å²) in [6, 6.07) is 8.88. The van der Waals surface area contributed by atoms with Crippen molar-refractivity contribution in [3.63, 3.8) is 0 Å². The highest BCUT2D eigenvalue weighted by molar-refractivity contribution is 14.0. The number of ether oxygens (including phenoxy) is 1. The predicted octanol–water partition coefficient (Wildman–Crippen LogP) is 3.33. The maximum Gasteiger partial charge on any atom is 0.422 e. The van der Waals surface area contributed by atoms with E-state index in [0.29, 0.717) is 24.6 Å². The molecule has 154 valence electrons. The number of nitrogens with zero attached hydrogens (tertiary/aromatic N) is 3. The number of aromatic nitrogens is 2. The van der Waals surface area contributed by atoms with E-state index in [-0.39, 0.29) is 36.4 Å². The second kappa shape index (κ2) is 12.4. The fourth-order valence-corrected chi connectivity index (χ4v) is 2.15. The summed E-state index contributed by atoms with van der Waals surface area (Å²) in [7, 11) is 0. The molecule has 10 heteroatoms. The van der Waals surface area contributed by atoms with Crippen LogP contribution in [0, 0.1) is 0 Å². The van der Waals surface area contributed by atoms with Crippen LogP contribution in [0.5, 0.6) is 5.88 Å². The monoisotopic (exact) mass is 509 g/mol. The van der Waals surface area contributed by atoms with E-state index in [4.69, 9.17) is 0 Å². The van der Waals surface area contributed by atoms with Gasteiger partial charge in [0.1, 0.15) is 0 Å². The molecule has 0 spiro atoms. The third kappa shape index (κ3) is 9.72. The van der Waals surface area contributed by atoms with Crippen molar-refractivity contribution in [2.45, 2.75) is 26.1 Å². The van der Waals surface area contributed by atoms with Crippen LogP contribution in [-0.4, -0.2) is 41.8 Å². The van der Waals surface area contributed by atoms with Crippen LogP contribution in [0.25, 0.3) is 0 Å². The van der Waals surface area contributed by atoms with Gasteiger partial charge in [-0.2, -0.15) is 13.2 Å². The Hall–Kier alpha value is -2.11. The van der Waals surface area contributed by atoms with Crippen LogP contribution in [0.2, 0.25) is 0 Å². The molecule has 2 rings (SSSR count). The fourth-order valence-electron chi connectivity index (χ4n) is 2.15. The van der Waals surface area contributed by atoms with Crippen molar-refractivity contribution in [3.8, 4) is 5.88 Å². The van der Waals surface area contributed by atoms with Gasteiger partial charge in [0.25, 0.3) is 0 Å². The second-order valence-electron chi connectivity index (χ2n) is 5.60. The van der Waals surface area contributed by atoms with Gasteiger partial charge >= 0.3 is 6.18 Å². The normalized spacial score (nSPS) is 11.5. The Kier molecular flexibility index (Phi) is 10.6. The van der Waals surface area contributed by atoms with Crippen LogP contribution in [0.1, 0.15) is 18.2 Å². The molecule has 0 saturated carbocycles. The molecule has 0 saturated heterocycles. The lowest BCUT2D eigenvalue weighted by molar-refractivity contribution is -0.154. The van der Waals surface area contributed by atoms with Gasteiger partial charge in [-0.3, -0.25) is 4.98 Å². The minimum atomic E-state index is -4.40. The maximum atomic E-state index is 12.2. The van der Waals surface area contributed by atoms with Gasteiger partial charge in [-0.25, -0.2) is 9.98 Å². The molecule has 0 radical (unpaired) electrons. The van der Waals surface area contributed by atoms with Crippen molar-refractivity contribution in [2.24, 2.45) is 4.99 Å². The van der Waals surface area contributed by atoms with Crippen molar-refractivity contribution in [1.29, 1.82) is 0 Å². The molecule has 2 heterocycles. The van der Waals surface area contributed by atoms with Gasteiger partial charge in [0.05, 0.1) is 6.54 Å². The quantitative estimate of drug-likeness (QED) is 0.325. The third-order valence-corrected chi connectivity index (χ3v) is 3.35. The summed E-state index contributed by atoms with van der Waals surface area (Å²) in [5.74, 6) is 0.538. The summed E-state index contributed by atoms with van der Waals surface area (Å²) >= 11 is 0. The van der Waals surface area contributed by atoms with E-state index in [1.54, 1.807) is 12.3 Å². The first-order valence-corrected chi connectivity index (χ1v) is 8.53. The number of guanidine groups is 1. The Morgan fingerprint density at radius 3 is 2.64 bits per heavy atom. The molecule has 0 amide bonds. The summed E-state index contributed by atoms with van der Waals surface area (Å²) < 4.78 is 41.3. The summed E-state index contributed by atoms with van der Waals surface area (Å²) in [6.07, 6.45) is -0.504. The number of pyridine rings is 2. The first-order chi connectivity index (χ1) is 13.0. The Bertz CT molecular complexity index is 729. The molecular formula is C18H23F3IN5O. The molecule has 0 atom stereocenters. The fraction of sp³-hybridized carbons (Fsp3) is 0.389. The predicted molar refractivity (Wildman–Crippen MR) is 112 cm³/mol. The van der Waals surface area contributed by atoms with E-state index in [9.17, 15) is 13.2 Å². The van der Waals surface area contributed by atoms with Crippen LogP contribution >= 0.6 is 24.0 Å². The molecule has 2 aromatic heterocycles. The van der Waals surface area contributed by atoms with Gasteiger partial charge in [-0.15, -0.1) is 24.0 Å². The van der Waals surface area contributed by atoms with Crippen LogP contribution < -0.4 is 15.4 Å². The highest BCUT2D eigenvalue weighted by atomic mass is 127. The molecule has 2 N–H and O–H groups in total. The molecule has 0 bridgehead atoms. The van der Waals surface area contributed by atoms with Gasteiger partial charge < -0.3 is 15.4 Å². The number of nitrogens with one attached hydrogen (secondary N) is 2. The van der Waals surface area contributed by atoms with Crippen molar-refractivity contribution in [3.05, 3.63) is 54.0 Å². The molecule has 28 heavy (non-hydrogen) atoms. The van der Waals surface area contributed by atoms with E-state index < -0.39 is 12.8 Å². The zero-order valence-electron chi connectivity index (χ0n) is 15.4. The Morgan fingerprint density at radius 2 is 1.96 bits per heavy atom. The third-order valence-electron chi connectivity index (χ3n) is 3.35. The number of aliphatic imine (C=N–C) groups is 1. The lowest BCUT2D eigenvalue weighted by Gasteiger charge is -2.11. The lowest BCUT2D eigenvalue weighted by Crippen LogP contribution is -2.38. The van der Waals surface area contributed by atoms with Crippen LogP contribution in [-0.2, 0) is 13.0 Å². The molecule has 6 nitrogen and oxygen atoms in total. The van der Waals surface area contributed by atoms with E-state index in [1.165, 1.54) is 12.3 Å². The van der Waals surface area contributed by atoms with Gasteiger partial charge in [0, 0.05) is 43.7 Å². The molecule has 0 unspecified atom stereocenters. The smallest absolute Gasteiger partial charge is 0.422 e. The Morgan fingerprint density at radius 1 is 1.14 bits per heavy atom. The number of rotatable bonds is 8. The van der Waals surface area contributed by atoms with Gasteiger partial charge in [0.15, 0.2) is 12.6 Å². The summed E-state index contributed by atoms with van der Waals surface area (Å²) in [6.45, 7) is 2.20. The lowest BCUT2D eigenvalue weighted by atomic mass is 10.2. The molecule has 2 aromatic rings. The maximum absolute atomic E-state index is 12.2. The SMILES string of the molecule is CCNC(=NCc1ccnc(OCC(F)(F)F)c1)NCCc1ccccn1.I. The van der Waals surface area contributed by atoms with E-state index in [1.807, 2.05) is 25.1 Å². The average Bonchev–Trinajstić information content (AvgIpc) is 2.65. The second-order valence-corrected chi connectivity index (χ2v) is 5.60. The highest BCUT2D eigenvalue weighted by Crippen LogP contribution is 2.17. The molecule has 0 aliphatic heterocycles. The van der Waals surface area contributed by atoms with Crippen molar-refractivity contribution < 1.29 is 17.9 Å². The minimum absolute atomic E-state index is 0. The van der Waals surface area contributed by atoms with Crippen LogP contribution in [0.3, 0.4) is 0 Å². The largest absolute Gasteiger partial charge is 0.468 e. The van der Waals surface area contributed by atoms with Gasteiger partial charge in [0.2, 0.25) is 5.88 Å². The zero-order chi connectivity index (χ0) is 19.5. The van der Waals surface area contributed by atoms with Gasteiger partial charge in [-0.05, 0) is 30.7 Å². The Labute approximate surface area is 179 Å². The van der Waals surface area contributed by atoms with Gasteiger partial charge in [-0.1, -0.05) is 6.07 Å². The molecule has 0 aliphatic rings. The summed E-state index contributed by atoms with van der Waals surface area (Å²) in [5.41, 5.74) is 1.67. The highest BCUT2D eigenvalue weighted by Gasteiger charge is 2.28. The standard InChI is InChI=1S/C18H22F3N5O.HI/c1-2-22-17(25-10-7-15-5-3-4-8-23-15)26-12-14-6-9-24-16(11-14)27-13-18(19,20)21;/h3-6,8-9,11H,2,7,10,12-13H2,1H3,(H2,22,25,26);1H. The molecule has 0 fully saturated rings. The average molecular weight is 509 g/mol. The minimum Gasteiger partial charge on any atom is -0.468 e. The molecular weight excluding hydrogens is 486 g/mol. The number of hydrogen-bond acceptors (Lipinski definition) is 4. The summed E-state index contributed by atoms with van der Waals surface area (Å²) in [4.78, 5) is 12.5. The van der Waals surface area contributed by atoms with E-state index >= 15 is 0 Å². The number of alkyl halides is 3. The zero-order valence-corrected chi connectivity index (χ0v) is 17.7. The van der Waals surface area contributed by atoms with E-state index in [0.717, 1.165) is 12.1 Å². The van der Waals surface area contributed by atoms with Crippen molar-refractivity contribution in [2.75, 3.05) is 19.7 Å². The molecule has 0 aromatic carbocycles. The molecule has 0 aliphatic carbocycles. The Balaban J connectivity index is 0.00000392. The first kappa shape index (κ1) is 23.9. The van der Waals surface area contributed by atoms with Crippen LogP contribution in [0.4, 0.5) is 13.2 Å². The number of halogens is 4. The van der Waals surface area contributed by atoms with Crippen LogP contribution in [0.15, 0.2) is 47.7 Å². The van der Waals surface area contributed by atoms with Crippen molar-refractivity contribution >= 4 is 29.9 Å². The topological polar surface area (TPSA) is 71.4 Å². The van der Waals surface area contributed by atoms with E-state index in [2.05, 4.69) is 30.3 Å². The first-order valence-electron chi connectivity index (χ1n) is 8.53.